The number of carbonyl (C=O) groups excluding carboxylic acids is 1. The molecule has 1 heterocycles. The van der Waals surface area contributed by atoms with E-state index in [4.69, 9.17) is 4.74 Å². The first-order valence-electron chi connectivity index (χ1n) is 7.99. The summed E-state index contributed by atoms with van der Waals surface area (Å²) in [6.45, 7) is 2.00. The molecule has 128 valence electrons. The molecule has 6 nitrogen and oxygen atoms in total. The second kappa shape index (κ2) is 7.17. The van der Waals surface area contributed by atoms with Crippen molar-refractivity contribution in [1.29, 1.82) is 0 Å². The summed E-state index contributed by atoms with van der Waals surface area (Å²) in [4.78, 5) is 22.1. The first-order chi connectivity index (χ1) is 12.1. The van der Waals surface area contributed by atoms with Gasteiger partial charge in [0.05, 0.1) is 17.9 Å². The minimum Gasteiger partial charge on any atom is -0.497 e. The van der Waals surface area contributed by atoms with Crippen molar-refractivity contribution in [2.75, 3.05) is 13.7 Å². The van der Waals surface area contributed by atoms with Crippen molar-refractivity contribution in [3.63, 3.8) is 0 Å². The summed E-state index contributed by atoms with van der Waals surface area (Å²) in [5.74, 6) is 0.730. The number of methoxy groups -OCH3 is 1. The van der Waals surface area contributed by atoms with Crippen molar-refractivity contribution in [2.24, 2.45) is 5.29 Å². The maximum Gasteiger partial charge on any atom is 0.216 e. The highest BCUT2D eigenvalue weighted by atomic mass is 16.5. The van der Waals surface area contributed by atoms with Gasteiger partial charge in [-0.25, -0.2) is 4.68 Å². The van der Waals surface area contributed by atoms with Crippen LogP contribution in [0, 0.1) is 4.91 Å². The predicted octanol–water partition coefficient (Wildman–Crippen LogP) is 3.53. The maximum absolute atomic E-state index is 11.1. The summed E-state index contributed by atoms with van der Waals surface area (Å²) in [5.41, 5.74) is 3.82. The third-order valence-corrected chi connectivity index (χ3v) is 4.15. The number of fused-ring (bicyclic) bond motifs is 1. The van der Waals surface area contributed by atoms with Gasteiger partial charge in [-0.15, -0.1) is 4.91 Å². The van der Waals surface area contributed by atoms with Crippen LogP contribution in [0.4, 0.5) is 0 Å². The molecule has 0 aliphatic heterocycles. The van der Waals surface area contributed by atoms with Crippen molar-refractivity contribution in [1.82, 2.24) is 9.99 Å². The lowest BCUT2D eigenvalue weighted by atomic mass is 10.0. The monoisotopic (exact) mass is 337 g/mol. The second-order valence-corrected chi connectivity index (χ2v) is 5.77. The van der Waals surface area contributed by atoms with Gasteiger partial charge in [-0.3, -0.25) is 4.79 Å². The van der Waals surface area contributed by atoms with Gasteiger partial charge in [0.2, 0.25) is 5.91 Å². The smallest absolute Gasteiger partial charge is 0.216 e. The zero-order valence-electron chi connectivity index (χ0n) is 14.2. The Hall–Kier alpha value is -3.15. The third-order valence-electron chi connectivity index (χ3n) is 4.15. The minimum atomic E-state index is -0.0730. The quantitative estimate of drug-likeness (QED) is 0.699. The molecule has 0 radical (unpaired) electrons. The van der Waals surface area contributed by atoms with E-state index in [-0.39, 0.29) is 5.91 Å². The molecular weight excluding hydrogens is 318 g/mol. The molecule has 2 aromatic carbocycles. The summed E-state index contributed by atoms with van der Waals surface area (Å²) in [6.07, 6.45) is 2.35. The van der Waals surface area contributed by atoms with E-state index in [0.29, 0.717) is 13.0 Å². The zero-order chi connectivity index (χ0) is 17.8. The molecule has 1 amide bonds. The molecule has 0 spiro atoms. The highest BCUT2D eigenvalue weighted by molar-refractivity contribution is 5.88. The number of carbonyl (C=O) groups is 1. The molecule has 0 unspecified atom stereocenters. The van der Waals surface area contributed by atoms with E-state index >= 15 is 0 Å². The van der Waals surface area contributed by atoms with Gasteiger partial charge in [0.15, 0.2) is 0 Å². The summed E-state index contributed by atoms with van der Waals surface area (Å²) in [5, 5.41) is 6.78. The molecule has 0 fully saturated rings. The Bertz CT molecular complexity index is 914. The Morgan fingerprint density at radius 1 is 1.16 bits per heavy atom. The van der Waals surface area contributed by atoms with Crippen LogP contribution in [-0.4, -0.2) is 24.2 Å². The molecule has 3 rings (SSSR count). The van der Waals surface area contributed by atoms with E-state index in [2.05, 4.69) is 10.6 Å². The van der Waals surface area contributed by atoms with E-state index in [1.807, 2.05) is 42.5 Å². The van der Waals surface area contributed by atoms with Gasteiger partial charge in [-0.1, -0.05) is 18.2 Å². The number of nitrogens with zero attached hydrogens (tertiary/aromatic N) is 2. The fourth-order valence-corrected chi connectivity index (χ4v) is 2.88. The molecule has 0 saturated heterocycles. The molecule has 1 aromatic heterocycles. The highest BCUT2D eigenvalue weighted by Crippen LogP contribution is 2.29. The Morgan fingerprint density at radius 3 is 2.52 bits per heavy atom. The van der Waals surface area contributed by atoms with Crippen LogP contribution in [0.25, 0.3) is 22.0 Å². The van der Waals surface area contributed by atoms with Crippen LogP contribution in [0.2, 0.25) is 0 Å². The van der Waals surface area contributed by atoms with Gasteiger partial charge in [0.25, 0.3) is 0 Å². The Kier molecular flexibility index (Phi) is 4.79. The number of rotatable bonds is 6. The second-order valence-electron chi connectivity index (χ2n) is 5.77. The summed E-state index contributed by atoms with van der Waals surface area (Å²) < 4.78 is 6.52. The average Bonchev–Trinajstić information content (AvgIpc) is 2.99. The molecule has 1 N–H and O–H groups in total. The lowest BCUT2D eigenvalue weighted by Gasteiger charge is -2.06. The number of hydrogen-bond acceptors (Lipinski definition) is 4. The Labute approximate surface area is 145 Å². The summed E-state index contributed by atoms with van der Waals surface area (Å²) >= 11 is 0. The lowest BCUT2D eigenvalue weighted by molar-refractivity contribution is -0.118. The highest BCUT2D eigenvalue weighted by Gasteiger charge is 2.11. The number of nitroso groups, excluding NO2 is 1. The largest absolute Gasteiger partial charge is 0.497 e. The number of amides is 1. The standard InChI is InChI=1S/C19H19N3O3/c1-13(23)20-10-9-16-12-22(21-24)19-8-5-15(11-18(16)19)14-3-6-17(25-2)7-4-14/h3-8,11-12H,9-10H2,1-2H3,(H,20,23). The molecule has 0 aliphatic carbocycles. The SMILES string of the molecule is COc1ccc(-c2ccc3c(c2)c(CCNC(C)=O)cn3N=O)cc1. The summed E-state index contributed by atoms with van der Waals surface area (Å²) in [6, 6.07) is 13.7. The maximum atomic E-state index is 11.1. The van der Waals surface area contributed by atoms with Gasteiger partial charge in [-0.2, -0.15) is 0 Å². The van der Waals surface area contributed by atoms with Crippen LogP contribution < -0.4 is 10.1 Å². The van der Waals surface area contributed by atoms with Crippen LogP contribution in [0.1, 0.15) is 12.5 Å². The molecule has 3 aromatic rings. The molecular formula is C19H19N3O3. The number of hydrogen-bond donors (Lipinski definition) is 1. The van der Waals surface area contributed by atoms with Crippen molar-refractivity contribution >= 4 is 16.8 Å². The van der Waals surface area contributed by atoms with E-state index in [0.717, 1.165) is 33.3 Å². The predicted molar refractivity (Wildman–Crippen MR) is 97.5 cm³/mol. The van der Waals surface area contributed by atoms with E-state index in [9.17, 15) is 9.70 Å². The number of benzene rings is 2. The molecule has 0 saturated carbocycles. The average molecular weight is 337 g/mol. The molecule has 0 bridgehead atoms. The van der Waals surface area contributed by atoms with Gasteiger partial charge in [-0.05, 0) is 47.4 Å². The molecule has 6 heteroatoms. The van der Waals surface area contributed by atoms with Crippen molar-refractivity contribution in [3.05, 3.63) is 59.1 Å². The fraction of sp³-hybridized carbons (Fsp3) is 0.211. The van der Waals surface area contributed by atoms with Crippen LogP contribution in [-0.2, 0) is 11.2 Å². The van der Waals surface area contributed by atoms with E-state index in [1.54, 1.807) is 13.3 Å². The normalized spacial score (nSPS) is 10.6. The zero-order valence-corrected chi connectivity index (χ0v) is 14.2. The summed E-state index contributed by atoms with van der Waals surface area (Å²) in [7, 11) is 1.64. The Balaban J connectivity index is 1.98. The Morgan fingerprint density at radius 2 is 1.88 bits per heavy atom. The van der Waals surface area contributed by atoms with Crippen molar-refractivity contribution in [2.45, 2.75) is 13.3 Å². The van der Waals surface area contributed by atoms with Crippen LogP contribution in [0.5, 0.6) is 5.75 Å². The topological polar surface area (TPSA) is 72.7 Å². The molecule has 0 aliphatic rings. The minimum absolute atomic E-state index is 0.0730. The van der Waals surface area contributed by atoms with Gasteiger partial charge < -0.3 is 10.1 Å². The van der Waals surface area contributed by atoms with Gasteiger partial charge in [0, 0.05) is 25.1 Å². The van der Waals surface area contributed by atoms with Crippen LogP contribution >= 0.6 is 0 Å². The first-order valence-corrected chi connectivity index (χ1v) is 7.99. The van der Waals surface area contributed by atoms with Crippen molar-refractivity contribution in [3.8, 4) is 16.9 Å². The third kappa shape index (κ3) is 3.52. The number of ether oxygens (including phenoxy) is 1. The van der Waals surface area contributed by atoms with E-state index < -0.39 is 0 Å². The molecule has 25 heavy (non-hydrogen) atoms. The first kappa shape index (κ1) is 16.7. The van der Waals surface area contributed by atoms with E-state index in [1.165, 1.54) is 11.6 Å². The van der Waals surface area contributed by atoms with Gasteiger partial charge in [0.1, 0.15) is 5.75 Å². The van der Waals surface area contributed by atoms with Crippen molar-refractivity contribution < 1.29 is 9.53 Å². The number of aromatic nitrogens is 1. The van der Waals surface area contributed by atoms with Gasteiger partial charge >= 0.3 is 0 Å². The van der Waals surface area contributed by atoms with Crippen LogP contribution in [0.15, 0.2) is 53.9 Å². The number of nitrogens with one attached hydrogen (secondary N) is 1. The van der Waals surface area contributed by atoms with Crippen LogP contribution in [0.3, 0.4) is 0 Å². The molecule has 0 atom stereocenters. The fourth-order valence-electron chi connectivity index (χ4n) is 2.88. The lowest BCUT2D eigenvalue weighted by Crippen LogP contribution is -2.22.